The number of nitrogens with zero attached hydrogens (tertiary/aromatic N) is 2. The van der Waals surface area contributed by atoms with Crippen molar-refractivity contribution >= 4 is 22.6 Å². The van der Waals surface area contributed by atoms with Crippen LogP contribution in [0.25, 0.3) is 0 Å². The summed E-state index contributed by atoms with van der Waals surface area (Å²) in [5, 5.41) is 3.75. The molecule has 1 aliphatic rings. The zero-order chi connectivity index (χ0) is 11.7. The van der Waals surface area contributed by atoms with Crippen molar-refractivity contribution in [2.45, 2.75) is 38.6 Å². The molecular weight excluding hydrogens is 224 g/mol. The first-order valence-electron chi connectivity index (χ1n) is 5.47. The van der Waals surface area contributed by atoms with Crippen LogP contribution in [0.3, 0.4) is 0 Å². The lowest BCUT2D eigenvalue weighted by Crippen LogP contribution is -2.39. The Morgan fingerprint density at radius 1 is 1.56 bits per heavy atom. The van der Waals surface area contributed by atoms with Crippen molar-refractivity contribution < 1.29 is 4.79 Å². The van der Waals surface area contributed by atoms with Crippen LogP contribution in [0.15, 0.2) is 0 Å². The van der Waals surface area contributed by atoms with Gasteiger partial charge < -0.3 is 11.1 Å². The molecule has 0 saturated heterocycles. The second-order valence-corrected chi connectivity index (χ2v) is 5.25. The van der Waals surface area contributed by atoms with Crippen molar-refractivity contribution in [2.75, 3.05) is 5.32 Å². The Balaban J connectivity index is 2.03. The van der Waals surface area contributed by atoms with Gasteiger partial charge in [0, 0.05) is 17.5 Å². The fraction of sp³-hybridized carbons (Fsp3) is 0.700. The van der Waals surface area contributed by atoms with E-state index in [1.165, 1.54) is 24.4 Å². The van der Waals surface area contributed by atoms with E-state index < -0.39 is 0 Å². The summed E-state index contributed by atoms with van der Waals surface area (Å²) in [7, 11) is 0. The van der Waals surface area contributed by atoms with E-state index in [1.54, 1.807) is 0 Å². The van der Waals surface area contributed by atoms with Crippen molar-refractivity contribution in [3.63, 3.8) is 0 Å². The molecule has 5 nitrogen and oxygen atoms in total. The lowest BCUT2D eigenvalue weighted by molar-refractivity contribution is -0.119. The average molecular weight is 240 g/mol. The van der Waals surface area contributed by atoms with E-state index in [4.69, 9.17) is 5.73 Å². The Labute approximate surface area is 98.6 Å². The van der Waals surface area contributed by atoms with Crippen molar-refractivity contribution in [3.8, 4) is 0 Å². The Kier molecular flexibility index (Phi) is 3.09. The summed E-state index contributed by atoms with van der Waals surface area (Å²) >= 11 is 1.30. The predicted molar refractivity (Wildman–Crippen MR) is 63.3 cm³/mol. The molecule has 0 bridgehead atoms. The summed E-state index contributed by atoms with van der Waals surface area (Å²) in [6.45, 7) is 3.90. The molecule has 6 heteroatoms. The molecule has 88 valence electrons. The van der Waals surface area contributed by atoms with Crippen LogP contribution < -0.4 is 11.1 Å². The summed E-state index contributed by atoms with van der Waals surface area (Å²) in [6, 6.07) is -0.375. The molecule has 1 unspecified atom stereocenters. The topological polar surface area (TPSA) is 80.9 Å². The molecule has 1 atom stereocenters. The third-order valence-electron chi connectivity index (χ3n) is 2.64. The van der Waals surface area contributed by atoms with Gasteiger partial charge in [0.2, 0.25) is 11.0 Å². The normalized spacial score (nSPS) is 17.4. The highest BCUT2D eigenvalue weighted by atomic mass is 32.1. The highest BCUT2D eigenvalue weighted by molar-refractivity contribution is 7.09. The van der Waals surface area contributed by atoms with Gasteiger partial charge in [0.05, 0.1) is 0 Å². The van der Waals surface area contributed by atoms with Crippen molar-refractivity contribution in [1.82, 2.24) is 9.36 Å². The number of carbonyl (C=O) groups excluding carboxylic acids is 1. The molecule has 0 aliphatic heterocycles. The van der Waals surface area contributed by atoms with Gasteiger partial charge in [-0.05, 0) is 18.8 Å². The number of hydrogen-bond donors (Lipinski definition) is 2. The van der Waals surface area contributed by atoms with Gasteiger partial charge in [-0.25, -0.2) is 4.98 Å². The second kappa shape index (κ2) is 4.37. The van der Waals surface area contributed by atoms with E-state index >= 15 is 0 Å². The standard InChI is InChI=1S/C10H16N4OS/c1-5(2)7(8(11)15)12-10-13-9(14-16-10)6-3-4-6/h5-7H,3-4H2,1-2H3,(H2,11,15)(H,12,13,14). The zero-order valence-corrected chi connectivity index (χ0v) is 10.3. The van der Waals surface area contributed by atoms with Gasteiger partial charge in [-0.15, -0.1) is 0 Å². The fourth-order valence-corrected chi connectivity index (χ4v) is 2.18. The minimum Gasteiger partial charge on any atom is -0.368 e. The maximum atomic E-state index is 11.2. The molecule has 1 aromatic rings. The monoisotopic (exact) mass is 240 g/mol. The Hall–Kier alpha value is -1.17. The number of amides is 1. The van der Waals surface area contributed by atoms with Crippen LogP contribution in [0.2, 0.25) is 0 Å². The maximum absolute atomic E-state index is 11.2. The van der Waals surface area contributed by atoms with Crippen molar-refractivity contribution in [2.24, 2.45) is 11.7 Å². The van der Waals surface area contributed by atoms with Gasteiger partial charge in [0.25, 0.3) is 0 Å². The number of anilines is 1. The maximum Gasteiger partial charge on any atom is 0.240 e. The Bertz CT molecular complexity index is 386. The van der Waals surface area contributed by atoms with Crippen LogP contribution in [0.4, 0.5) is 5.13 Å². The molecule has 16 heavy (non-hydrogen) atoms. The van der Waals surface area contributed by atoms with Gasteiger partial charge >= 0.3 is 0 Å². The molecule has 1 heterocycles. The Morgan fingerprint density at radius 2 is 2.25 bits per heavy atom. The van der Waals surface area contributed by atoms with Crippen LogP contribution >= 0.6 is 11.5 Å². The number of primary amides is 1. The van der Waals surface area contributed by atoms with Gasteiger partial charge in [-0.2, -0.15) is 4.37 Å². The third-order valence-corrected chi connectivity index (χ3v) is 3.30. The summed E-state index contributed by atoms with van der Waals surface area (Å²) in [4.78, 5) is 15.6. The van der Waals surface area contributed by atoms with Crippen LogP contribution in [-0.2, 0) is 4.79 Å². The van der Waals surface area contributed by atoms with Crippen LogP contribution in [0.1, 0.15) is 38.4 Å². The van der Waals surface area contributed by atoms with E-state index in [2.05, 4.69) is 14.7 Å². The van der Waals surface area contributed by atoms with Crippen molar-refractivity contribution in [1.29, 1.82) is 0 Å². The van der Waals surface area contributed by atoms with E-state index in [0.717, 1.165) is 5.82 Å². The zero-order valence-electron chi connectivity index (χ0n) is 9.43. The molecule has 0 spiro atoms. The minimum atomic E-state index is -0.375. The SMILES string of the molecule is CC(C)C(Nc1nc(C2CC2)ns1)C(N)=O. The summed E-state index contributed by atoms with van der Waals surface area (Å²) in [5.41, 5.74) is 5.32. The van der Waals surface area contributed by atoms with Crippen LogP contribution in [0.5, 0.6) is 0 Å². The van der Waals surface area contributed by atoms with Crippen LogP contribution in [0, 0.1) is 5.92 Å². The molecular formula is C10H16N4OS. The predicted octanol–water partition coefficient (Wildman–Crippen LogP) is 1.34. The summed E-state index contributed by atoms with van der Waals surface area (Å²) in [6.07, 6.45) is 2.36. The lowest BCUT2D eigenvalue weighted by atomic mass is 10.0. The molecule has 2 rings (SSSR count). The number of nitrogens with two attached hydrogens (primary N) is 1. The van der Waals surface area contributed by atoms with E-state index in [0.29, 0.717) is 11.0 Å². The van der Waals surface area contributed by atoms with Gasteiger partial charge in [0.15, 0.2) is 0 Å². The van der Waals surface area contributed by atoms with Crippen molar-refractivity contribution in [3.05, 3.63) is 5.82 Å². The number of carbonyl (C=O) groups is 1. The molecule has 3 N–H and O–H groups in total. The second-order valence-electron chi connectivity index (χ2n) is 4.50. The molecule has 1 fully saturated rings. The molecule has 1 aliphatic carbocycles. The summed E-state index contributed by atoms with van der Waals surface area (Å²) < 4.78 is 4.27. The molecule has 1 aromatic heterocycles. The number of rotatable bonds is 5. The number of aromatic nitrogens is 2. The van der Waals surface area contributed by atoms with Gasteiger partial charge in [0.1, 0.15) is 11.9 Å². The molecule has 0 aromatic carbocycles. The third kappa shape index (κ3) is 2.49. The van der Waals surface area contributed by atoms with Gasteiger partial charge in [-0.1, -0.05) is 13.8 Å². The Morgan fingerprint density at radius 3 is 2.75 bits per heavy atom. The molecule has 1 amide bonds. The first-order valence-corrected chi connectivity index (χ1v) is 6.24. The average Bonchev–Trinajstić information content (AvgIpc) is 2.94. The number of hydrogen-bond acceptors (Lipinski definition) is 5. The van der Waals surface area contributed by atoms with E-state index in [-0.39, 0.29) is 17.9 Å². The first-order chi connectivity index (χ1) is 7.58. The number of nitrogens with one attached hydrogen (secondary N) is 1. The molecule has 1 saturated carbocycles. The largest absolute Gasteiger partial charge is 0.368 e. The lowest BCUT2D eigenvalue weighted by Gasteiger charge is -2.17. The minimum absolute atomic E-state index is 0.144. The quantitative estimate of drug-likeness (QED) is 0.813. The highest BCUT2D eigenvalue weighted by Crippen LogP contribution is 2.39. The van der Waals surface area contributed by atoms with E-state index in [9.17, 15) is 4.79 Å². The highest BCUT2D eigenvalue weighted by Gasteiger charge is 2.28. The molecule has 0 radical (unpaired) electrons. The van der Waals surface area contributed by atoms with Crippen LogP contribution in [-0.4, -0.2) is 21.3 Å². The van der Waals surface area contributed by atoms with E-state index in [1.807, 2.05) is 13.8 Å². The summed E-state index contributed by atoms with van der Waals surface area (Å²) in [5.74, 6) is 1.24. The fourth-order valence-electron chi connectivity index (χ4n) is 1.50. The smallest absolute Gasteiger partial charge is 0.240 e. The van der Waals surface area contributed by atoms with Gasteiger partial charge in [-0.3, -0.25) is 4.79 Å². The first kappa shape index (κ1) is 11.3.